The Morgan fingerprint density at radius 3 is 2.59 bits per heavy atom. The van der Waals surface area contributed by atoms with Gasteiger partial charge in [-0.25, -0.2) is 9.97 Å². The van der Waals surface area contributed by atoms with E-state index < -0.39 is 0 Å². The van der Waals surface area contributed by atoms with Crippen LogP contribution in [0.3, 0.4) is 0 Å². The molecule has 1 aliphatic carbocycles. The Morgan fingerprint density at radius 2 is 1.85 bits per heavy atom. The number of aromatic nitrogens is 2. The second-order valence-corrected chi connectivity index (χ2v) is 11.3. The van der Waals surface area contributed by atoms with Crippen LogP contribution in [-0.4, -0.2) is 47.0 Å². The Labute approximate surface area is 215 Å². The summed E-state index contributed by atoms with van der Waals surface area (Å²) in [5.41, 5.74) is 1.97. The van der Waals surface area contributed by atoms with Gasteiger partial charge in [-0.2, -0.15) is 0 Å². The molecule has 0 N–H and O–H groups in total. The third-order valence-electron chi connectivity index (χ3n) is 7.14. The van der Waals surface area contributed by atoms with Crippen molar-refractivity contribution < 1.29 is 4.79 Å². The highest BCUT2D eigenvalue weighted by Gasteiger charge is 2.28. The molecule has 1 amide bonds. The molecule has 5 nitrogen and oxygen atoms in total. The van der Waals surface area contributed by atoms with Crippen molar-refractivity contribution in [1.29, 1.82) is 0 Å². The van der Waals surface area contributed by atoms with E-state index in [9.17, 15) is 4.79 Å². The van der Waals surface area contributed by atoms with Crippen LogP contribution < -0.4 is 4.90 Å². The van der Waals surface area contributed by atoms with Crippen molar-refractivity contribution in [2.24, 2.45) is 0 Å². The van der Waals surface area contributed by atoms with Crippen LogP contribution in [0.5, 0.6) is 0 Å². The zero-order valence-electron chi connectivity index (χ0n) is 19.7. The second-order valence-electron chi connectivity index (χ2n) is 9.36. The summed E-state index contributed by atoms with van der Waals surface area (Å²) >= 11 is 14.2. The number of anilines is 1. The van der Waals surface area contributed by atoms with Gasteiger partial charge in [0.2, 0.25) is 0 Å². The second kappa shape index (κ2) is 10.00. The first-order valence-electron chi connectivity index (χ1n) is 12.3. The minimum atomic E-state index is -0.0427. The number of rotatable bonds is 4. The lowest BCUT2D eigenvalue weighted by Crippen LogP contribution is -2.49. The van der Waals surface area contributed by atoms with E-state index in [2.05, 4.69) is 18.7 Å². The van der Waals surface area contributed by atoms with Crippen molar-refractivity contribution in [3.8, 4) is 0 Å². The van der Waals surface area contributed by atoms with Crippen LogP contribution in [0, 0.1) is 0 Å². The van der Waals surface area contributed by atoms with Crippen LogP contribution in [0.15, 0.2) is 18.2 Å². The van der Waals surface area contributed by atoms with Crippen LogP contribution in [-0.2, 0) is 12.8 Å². The predicted molar refractivity (Wildman–Crippen MR) is 142 cm³/mol. The van der Waals surface area contributed by atoms with Gasteiger partial charge in [-0.1, -0.05) is 43.5 Å². The normalized spacial score (nSPS) is 17.5. The number of carbonyl (C=O) groups is 1. The smallest absolute Gasteiger partial charge is 0.255 e. The van der Waals surface area contributed by atoms with E-state index in [1.807, 2.05) is 16.2 Å². The van der Waals surface area contributed by atoms with Crippen molar-refractivity contribution >= 4 is 56.5 Å². The molecule has 3 aromatic rings. The van der Waals surface area contributed by atoms with Crippen LogP contribution >= 0.6 is 34.5 Å². The van der Waals surface area contributed by atoms with Crippen LogP contribution in [0.4, 0.5) is 5.82 Å². The van der Waals surface area contributed by atoms with Gasteiger partial charge in [0.15, 0.2) is 0 Å². The Bertz CT molecular complexity index is 1220. The molecule has 2 aromatic heterocycles. The lowest BCUT2D eigenvalue weighted by atomic mass is 10.1. The van der Waals surface area contributed by atoms with Gasteiger partial charge in [0.1, 0.15) is 16.5 Å². The third-order valence-corrected chi connectivity index (χ3v) is 8.88. The molecule has 1 aliphatic heterocycles. The molecule has 0 radical (unpaired) electrons. The van der Waals surface area contributed by atoms with Gasteiger partial charge < -0.3 is 9.80 Å². The van der Waals surface area contributed by atoms with E-state index in [1.165, 1.54) is 35.1 Å². The first kappa shape index (κ1) is 23.8. The van der Waals surface area contributed by atoms with Gasteiger partial charge in [-0.05, 0) is 55.9 Å². The zero-order valence-corrected chi connectivity index (χ0v) is 22.1. The van der Waals surface area contributed by atoms with Crippen molar-refractivity contribution in [2.75, 3.05) is 31.1 Å². The molecule has 34 heavy (non-hydrogen) atoms. The number of amides is 1. The van der Waals surface area contributed by atoms with Crippen molar-refractivity contribution in [1.82, 2.24) is 14.9 Å². The Morgan fingerprint density at radius 1 is 1.09 bits per heavy atom. The minimum Gasteiger partial charge on any atom is -0.352 e. The number of piperazine rings is 1. The summed E-state index contributed by atoms with van der Waals surface area (Å²) in [7, 11) is 0. The quantitative estimate of drug-likeness (QED) is 0.360. The van der Waals surface area contributed by atoms with Crippen LogP contribution in [0.25, 0.3) is 10.2 Å². The minimum absolute atomic E-state index is 0.0427. The molecule has 180 valence electrons. The summed E-state index contributed by atoms with van der Waals surface area (Å²) in [6.45, 7) is 7.15. The number of fused-ring (bicyclic) bond motifs is 3. The van der Waals surface area contributed by atoms with E-state index in [-0.39, 0.29) is 5.91 Å². The molecule has 0 spiro atoms. The summed E-state index contributed by atoms with van der Waals surface area (Å²) in [5, 5.41) is 2.19. The van der Waals surface area contributed by atoms with Crippen molar-refractivity contribution in [2.45, 2.75) is 58.3 Å². The van der Waals surface area contributed by atoms with Gasteiger partial charge in [0.25, 0.3) is 5.91 Å². The Balaban J connectivity index is 1.45. The maximum atomic E-state index is 13.1. The lowest BCUT2D eigenvalue weighted by Gasteiger charge is -2.36. The molecule has 0 saturated carbocycles. The first-order valence-corrected chi connectivity index (χ1v) is 13.8. The fraction of sp³-hybridized carbons (Fsp3) is 0.500. The molecule has 0 unspecified atom stereocenters. The molecule has 1 aromatic carbocycles. The highest BCUT2D eigenvalue weighted by molar-refractivity contribution is 7.19. The summed E-state index contributed by atoms with van der Waals surface area (Å²) in [6, 6.07) is 5.06. The maximum absolute atomic E-state index is 13.1. The number of benzene rings is 1. The summed E-state index contributed by atoms with van der Waals surface area (Å²) < 4.78 is 0. The number of hydrogen-bond donors (Lipinski definition) is 0. The van der Waals surface area contributed by atoms with Crippen molar-refractivity contribution in [3.63, 3.8) is 0 Å². The Kier molecular flexibility index (Phi) is 7.01. The van der Waals surface area contributed by atoms with E-state index in [0.717, 1.165) is 48.8 Å². The fourth-order valence-electron chi connectivity index (χ4n) is 4.92. The topological polar surface area (TPSA) is 49.3 Å². The standard InChI is InChI=1S/C26H30Cl2N4OS/c1-3-16(2)23-29-24(22-19-7-5-4-6-8-21(19)34-25(22)30-23)31-11-13-32(14-12-31)26(33)18-10-9-17(27)15-20(18)28/h9-10,15-16H,3-8,11-14H2,1-2H3/t16-/m0/s1. The number of nitrogens with zero attached hydrogens (tertiary/aromatic N) is 4. The highest BCUT2D eigenvalue weighted by atomic mass is 35.5. The monoisotopic (exact) mass is 516 g/mol. The number of thiophene rings is 1. The van der Waals surface area contributed by atoms with Gasteiger partial charge in [-0.15, -0.1) is 11.3 Å². The maximum Gasteiger partial charge on any atom is 0.255 e. The molecule has 8 heteroatoms. The van der Waals surface area contributed by atoms with Crippen LogP contribution in [0.1, 0.15) is 72.1 Å². The Hall–Kier alpha value is -1.89. The average molecular weight is 518 g/mol. The average Bonchev–Trinajstić information content (AvgIpc) is 3.03. The highest BCUT2D eigenvalue weighted by Crippen LogP contribution is 2.40. The van der Waals surface area contributed by atoms with Gasteiger partial charge in [0, 0.05) is 42.0 Å². The van der Waals surface area contributed by atoms with E-state index in [0.29, 0.717) is 34.6 Å². The van der Waals surface area contributed by atoms with E-state index in [1.54, 1.807) is 18.2 Å². The molecule has 2 aliphatic rings. The molecule has 0 bridgehead atoms. The summed E-state index contributed by atoms with van der Waals surface area (Å²) in [4.78, 5) is 30.2. The molecule has 1 saturated heterocycles. The molecule has 5 rings (SSSR count). The number of aryl methyl sites for hydroxylation is 2. The molecule has 1 fully saturated rings. The third kappa shape index (κ3) is 4.52. The van der Waals surface area contributed by atoms with Gasteiger partial charge in [0.05, 0.1) is 16.0 Å². The van der Waals surface area contributed by atoms with Gasteiger partial charge >= 0.3 is 0 Å². The molecule has 3 heterocycles. The number of halogens is 2. The first-order chi connectivity index (χ1) is 16.5. The van der Waals surface area contributed by atoms with Crippen LogP contribution in [0.2, 0.25) is 10.0 Å². The van der Waals surface area contributed by atoms with Crippen molar-refractivity contribution in [3.05, 3.63) is 50.1 Å². The molecular formula is C26H30Cl2N4OS. The summed E-state index contributed by atoms with van der Waals surface area (Å²) in [5.74, 6) is 2.28. The molecular weight excluding hydrogens is 487 g/mol. The van der Waals surface area contributed by atoms with E-state index >= 15 is 0 Å². The lowest BCUT2D eigenvalue weighted by molar-refractivity contribution is 0.0747. The summed E-state index contributed by atoms with van der Waals surface area (Å²) in [6.07, 6.45) is 7.06. The molecule has 1 atom stereocenters. The van der Waals surface area contributed by atoms with Gasteiger partial charge in [-0.3, -0.25) is 4.79 Å². The number of carbonyl (C=O) groups excluding carboxylic acids is 1. The zero-order chi connectivity index (χ0) is 23.8. The van der Waals surface area contributed by atoms with E-state index in [4.69, 9.17) is 33.2 Å². The number of hydrogen-bond acceptors (Lipinski definition) is 5. The largest absolute Gasteiger partial charge is 0.352 e. The SMILES string of the molecule is CC[C@H](C)c1nc(N2CCN(C(=O)c3ccc(Cl)cc3Cl)CC2)c2c3c(sc2n1)CCCCC3. The fourth-order valence-corrected chi connectivity index (χ4v) is 6.67. The predicted octanol–water partition coefficient (Wildman–Crippen LogP) is 6.74.